The number of carbonyl (C=O) groups is 3. The van der Waals surface area contributed by atoms with Crippen LogP contribution in [0.1, 0.15) is 36.6 Å². The quantitative estimate of drug-likeness (QED) is 0.0780. The number of aliphatic imine (C=N–C) groups is 1. The van der Waals surface area contributed by atoms with Crippen molar-refractivity contribution in [2.24, 2.45) is 4.99 Å². The molecule has 190 valence electrons. The molecule has 5 N–H and O–H groups in total. The fourth-order valence-corrected chi connectivity index (χ4v) is 5.34. The van der Waals surface area contributed by atoms with Gasteiger partial charge in [-0.3, -0.25) is 0 Å². The molecule has 6 rings (SSSR count). The number of aliphatic hydroxyl groups is 1. The summed E-state index contributed by atoms with van der Waals surface area (Å²) < 4.78 is 0. The third-order valence-corrected chi connectivity index (χ3v) is 6.94. The summed E-state index contributed by atoms with van der Waals surface area (Å²) in [4.78, 5) is 40.5. The van der Waals surface area contributed by atoms with Gasteiger partial charge in [-0.25, -0.2) is 19.4 Å². The highest BCUT2D eigenvalue weighted by molar-refractivity contribution is 6.38. The first kappa shape index (κ1) is 23.7. The van der Waals surface area contributed by atoms with Crippen LogP contribution in [0, 0.1) is 0 Å². The molecule has 6 aromatic carbocycles. The SMILES string of the molecule is O=C(O)c1ccc2c3ccc(C(=O)O)c4c(C(O)=Nc5ccccc5O)ccc(c5ccc(C(=O)O)c1c25)c43. The van der Waals surface area contributed by atoms with E-state index in [1.165, 1.54) is 36.4 Å². The molecule has 0 heterocycles. The number of aromatic hydroxyl groups is 1. The van der Waals surface area contributed by atoms with Crippen molar-refractivity contribution in [2.75, 3.05) is 0 Å². The van der Waals surface area contributed by atoms with Crippen molar-refractivity contribution in [1.82, 2.24) is 0 Å². The summed E-state index contributed by atoms with van der Waals surface area (Å²) in [5, 5.41) is 54.1. The molecular weight excluding hydrogens is 502 g/mol. The molecule has 0 radical (unpaired) electrons. The van der Waals surface area contributed by atoms with Crippen LogP contribution >= 0.6 is 0 Å². The van der Waals surface area contributed by atoms with Crippen LogP contribution in [-0.4, -0.2) is 49.3 Å². The van der Waals surface area contributed by atoms with E-state index < -0.39 is 23.8 Å². The van der Waals surface area contributed by atoms with Gasteiger partial charge in [0.1, 0.15) is 11.4 Å². The number of hydrogen-bond donors (Lipinski definition) is 5. The van der Waals surface area contributed by atoms with Gasteiger partial charge in [-0.2, -0.15) is 0 Å². The average Bonchev–Trinajstić information content (AvgIpc) is 2.91. The second-order valence-electron chi connectivity index (χ2n) is 8.98. The van der Waals surface area contributed by atoms with Gasteiger partial charge in [0.05, 0.1) is 16.7 Å². The zero-order valence-electron chi connectivity index (χ0n) is 19.8. The number of phenols is 1. The van der Waals surface area contributed by atoms with Gasteiger partial charge in [-0.1, -0.05) is 36.4 Å². The Balaban J connectivity index is 1.82. The van der Waals surface area contributed by atoms with Crippen molar-refractivity contribution in [1.29, 1.82) is 0 Å². The van der Waals surface area contributed by atoms with Gasteiger partial charge in [-0.05, 0) is 68.7 Å². The number of aliphatic hydroxyl groups excluding tert-OH is 1. The lowest BCUT2D eigenvalue weighted by Gasteiger charge is -2.19. The average molecular weight is 519 g/mol. The van der Waals surface area contributed by atoms with Gasteiger partial charge < -0.3 is 25.5 Å². The van der Waals surface area contributed by atoms with E-state index in [0.717, 1.165) is 0 Å². The molecule has 9 heteroatoms. The van der Waals surface area contributed by atoms with E-state index >= 15 is 0 Å². The van der Waals surface area contributed by atoms with E-state index in [1.54, 1.807) is 36.4 Å². The second kappa shape index (κ2) is 8.42. The Morgan fingerprint density at radius 2 is 0.872 bits per heavy atom. The monoisotopic (exact) mass is 519 g/mol. The zero-order chi connectivity index (χ0) is 27.6. The van der Waals surface area contributed by atoms with E-state index in [9.17, 15) is 39.9 Å². The standard InChI is InChI=1S/C30H17NO8/c32-22-4-2-1-3-21(22)31-27(33)17-9-5-13-15-7-11-19(29(36)37)26-20(30(38)39)12-8-16(24(15)26)14-6-10-18(28(34)35)25(17)23(13)14/h1-12,32H,(H,31,33)(H,34,35)(H,36,37)(H,38,39). The van der Waals surface area contributed by atoms with Gasteiger partial charge in [-0.15, -0.1) is 0 Å². The minimum atomic E-state index is -1.28. The van der Waals surface area contributed by atoms with Gasteiger partial charge in [0.25, 0.3) is 0 Å². The molecule has 9 nitrogen and oxygen atoms in total. The van der Waals surface area contributed by atoms with Crippen LogP contribution < -0.4 is 0 Å². The van der Waals surface area contributed by atoms with Crippen LogP contribution in [0.5, 0.6) is 5.75 Å². The van der Waals surface area contributed by atoms with Crippen LogP contribution in [-0.2, 0) is 0 Å². The van der Waals surface area contributed by atoms with Crippen molar-refractivity contribution >= 4 is 72.6 Å². The molecule has 0 aliphatic rings. The molecule has 39 heavy (non-hydrogen) atoms. The third kappa shape index (κ3) is 3.41. The molecule has 0 saturated carbocycles. The molecule has 0 atom stereocenters. The number of fused-ring (bicyclic) bond motifs is 2. The molecule has 6 aromatic rings. The van der Waals surface area contributed by atoms with Crippen LogP contribution in [0.4, 0.5) is 5.69 Å². The Morgan fingerprint density at radius 1 is 0.487 bits per heavy atom. The van der Waals surface area contributed by atoms with Crippen molar-refractivity contribution in [3.8, 4) is 5.75 Å². The number of carboxylic acids is 3. The number of carboxylic acid groups (broad SMARTS) is 3. The van der Waals surface area contributed by atoms with Crippen molar-refractivity contribution in [3.05, 3.63) is 95.1 Å². The number of phenolic OH excluding ortho intramolecular Hbond substituents is 1. The molecule has 0 spiro atoms. The number of aromatic carboxylic acids is 3. The first-order valence-corrected chi connectivity index (χ1v) is 11.6. The van der Waals surface area contributed by atoms with Crippen molar-refractivity contribution in [3.63, 3.8) is 0 Å². The lowest BCUT2D eigenvalue weighted by atomic mass is 9.84. The summed E-state index contributed by atoms with van der Waals surface area (Å²) in [5.74, 6) is -4.48. The Kier molecular flexibility index (Phi) is 5.11. The fourth-order valence-electron chi connectivity index (χ4n) is 5.34. The van der Waals surface area contributed by atoms with E-state index in [4.69, 9.17) is 0 Å². The second-order valence-corrected chi connectivity index (χ2v) is 8.98. The lowest BCUT2D eigenvalue weighted by Crippen LogP contribution is -2.07. The lowest BCUT2D eigenvalue weighted by molar-refractivity contribution is 0.0685. The Labute approximate surface area is 218 Å². The Morgan fingerprint density at radius 3 is 1.28 bits per heavy atom. The van der Waals surface area contributed by atoms with E-state index in [1.807, 2.05) is 0 Å². The van der Waals surface area contributed by atoms with Gasteiger partial charge >= 0.3 is 17.9 Å². The maximum Gasteiger partial charge on any atom is 0.336 e. The molecule has 0 fully saturated rings. The van der Waals surface area contributed by atoms with Crippen LogP contribution in [0.2, 0.25) is 0 Å². The zero-order valence-corrected chi connectivity index (χ0v) is 19.8. The third-order valence-electron chi connectivity index (χ3n) is 6.94. The minimum Gasteiger partial charge on any atom is -0.506 e. The molecule has 0 aromatic heterocycles. The van der Waals surface area contributed by atoms with Gasteiger partial charge in [0, 0.05) is 16.3 Å². The molecule has 0 bridgehead atoms. The minimum absolute atomic E-state index is 0.0687. The van der Waals surface area contributed by atoms with E-state index in [0.29, 0.717) is 32.3 Å². The molecule has 0 aliphatic heterocycles. The molecular formula is C30H17NO8. The Bertz CT molecular complexity index is 2010. The first-order chi connectivity index (χ1) is 18.7. The van der Waals surface area contributed by atoms with Gasteiger partial charge in [0.2, 0.25) is 5.90 Å². The normalized spacial score (nSPS) is 12.1. The predicted octanol–water partition coefficient (Wildman–Crippen LogP) is 6.17. The highest BCUT2D eigenvalue weighted by atomic mass is 16.4. The molecule has 0 saturated heterocycles. The van der Waals surface area contributed by atoms with Crippen molar-refractivity contribution < 1.29 is 39.9 Å². The summed E-state index contributed by atoms with van der Waals surface area (Å²) in [6.07, 6.45) is 0. The molecule has 0 unspecified atom stereocenters. The highest BCUT2D eigenvalue weighted by Gasteiger charge is 2.25. The smallest absolute Gasteiger partial charge is 0.336 e. The van der Waals surface area contributed by atoms with Crippen molar-refractivity contribution in [2.45, 2.75) is 0 Å². The number of para-hydroxylation sites is 2. The van der Waals surface area contributed by atoms with Crippen LogP contribution in [0.25, 0.3) is 43.1 Å². The molecule has 0 aliphatic carbocycles. The number of benzene rings is 6. The number of nitrogens with zero attached hydrogens (tertiary/aromatic N) is 1. The number of hydrogen-bond acceptors (Lipinski definition) is 5. The largest absolute Gasteiger partial charge is 0.506 e. The summed E-state index contributed by atoms with van der Waals surface area (Å²) in [5.41, 5.74) is -0.239. The van der Waals surface area contributed by atoms with E-state index in [-0.39, 0.29) is 44.5 Å². The number of rotatable bonds is 5. The summed E-state index contributed by atoms with van der Waals surface area (Å²) in [7, 11) is 0. The van der Waals surface area contributed by atoms with Crippen LogP contribution in [0.3, 0.4) is 0 Å². The summed E-state index contributed by atoms with van der Waals surface area (Å²) >= 11 is 0. The summed E-state index contributed by atoms with van der Waals surface area (Å²) in [6.45, 7) is 0. The fraction of sp³-hybridized carbons (Fsp3) is 0. The maximum absolute atomic E-state index is 12.3. The summed E-state index contributed by atoms with van der Waals surface area (Å²) in [6, 6.07) is 18.0. The van der Waals surface area contributed by atoms with E-state index in [2.05, 4.69) is 4.99 Å². The molecule has 0 amide bonds. The Hall–Kier alpha value is -5.70. The maximum atomic E-state index is 12.3. The van der Waals surface area contributed by atoms with Gasteiger partial charge in [0.15, 0.2) is 0 Å². The highest BCUT2D eigenvalue weighted by Crippen LogP contribution is 2.44. The topological polar surface area (TPSA) is 165 Å². The van der Waals surface area contributed by atoms with Crippen LogP contribution in [0.15, 0.2) is 77.8 Å². The first-order valence-electron chi connectivity index (χ1n) is 11.6. The predicted molar refractivity (Wildman–Crippen MR) is 145 cm³/mol.